The van der Waals surface area contributed by atoms with Crippen molar-refractivity contribution in [2.75, 3.05) is 27.4 Å². The minimum Gasteiger partial charge on any atom is -0.507 e. The molecule has 1 aliphatic heterocycles. The summed E-state index contributed by atoms with van der Waals surface area (Å²) in [5.41, 5.74) is 2.19. The van der Waals surface area contributed by atoms with Gasteiger partial charge in [-0.3, -0.25) is 9.59 Å². The molecule has 0 aromatic heterocycles. The van der Waals surface area contributed by atoms with Gasteiger partial charge in [0.2, 0.25) is 0 Å². The highest BCUT2D eigenvalue weighted by molar-refractivity contribution is 6.46. The van der Waals surface area contributed by atoms with Crippen LogP contribution in [0.15, 0.2) is 54.1 Å². The van der Waals surface area contributed by atoms with E-state index in [2.05, 4.69) is 0 Å². The number of ether oxygens (including phenoxy) is 2. The number of ketones is 1. The van der Waals surface area contributed by atoms with Gasteiger partial charge in [-0.15, -0.1) is 0 Å². The SMILES string of the molecule is COCCCN1C(=O)C(=O)/C(=C(/O)c2ccccc2OC)C1c1ccccc1C. The first-order valence-electron chi connectivity index (χ1n) is 9.47. The number of methoxy groups -OCH3 is 2. The molecule has 1 aliphatic rings. The molecule has 0 saturated carbocycles. The average molecular weight is 395 g/mol. The lowest BCUT2D eigenvalue weighted by atomic mass is 9.92. The molecule has 2 aromatic rings. The van der Waals surface area contributed by atoms with Gasteiger partial charge in [0.15, 0.2) is 0 Å². The normalized spacial score (nSPS) is 18.3. The van der Waals surface area contributed by atoms with E-state index in [4.69, 9.17) is 9.47 Å². The molecule has 1 fully saturated rings. The second kappa shape index (κ2) is 8.92. The molecular weight excluding hydrogens is 370 g/mol. The number of hydrogen-bond donors (Lipinski definition) is 1. The van der Waals surface area contributed by atoms with Gasteiger partial charge >= 0.3 is 0 Å². The van der Waals surface area contributed by atoms with Crippen molar-refractivity contribution in [1.29, 1.82) is 0 Å². The summed E-state index contributed by atoms with van der Waals surface area (Å²) >= 11 is 0. The van der Waals surface area contributed by atoms with Crippen LogP contribution in [0.2, 0.25) is 0 Å². The summed E-state index contributed by atoms with van der Waals surface area (Å²) in [5, 5.41) is 11.1. The largest absolute Gasteiger partial charge is 0.507 e. The van der Waals surface area contributed by atoms with Crippen LogP contribution in [0.3, 0.4) is 0 Å². The van der Waals surface area contributed by atoms with Crippen LogP contribution in [-0.2, 0) is 14.3 Å². The Kier molecular flexibility index (Phi) is 6.34. The number of aliphatic hydroxyl groups excluding tert-OH is 1. The molecule has 3 rings (SSSR count). The van der Waals surface area contributed by atoms with E-state index >= 15 is 0 Å². The summed E-state index contributed by atoms with van der Waals surface area (Å²) in [6.45, 7) is 2.74. The van der Waals surface area contributed by atoms with Crippen molar-refractivity contribution >= 4 is 17.4 Å². The predicted molar refractivity (Wildman–Crippen MR) is 110 cm³/mol. The zero-order valence-electron chi connectivity index (χ0n) is 16.8. The number of carbonyl (C=O) groups is 2. The summed E-state index contributed by atoms with van der Waals surface area (Å²) in [4.78, 5) is 27.3. The van der Waals surface area contributed by atoms with Crippen molar-refractivity contribution in [3.8, 4) is 5.75 Å². The lowest BCUT2D eigenvalue weighted by molar-refractivity contribution is -0.140. The van der Waals surface area contributed by atoms with Gasteiger partial charge in [0.1, 0.15) is 11.5 Å². The Morgan fingerprint density at radius 2 is 1.76 bits per heavy atom. The molecule has 0 spiro atoms. The van der Waals surface area contributed by atoms with E-state index in [9.17, 15) is 14.7 Å². The molecule has 0 bridgehead atoms. The van der Waals surface area contributed by atoms with Crippen LogP contribution in [0.25, 0.3) is 5.76 Å². The Hall–Kier alpha value is -3.12. The van der Waals surface area contributed by atoms with Crippen LogP contribution in [0.1, 0.15) is 29.2 Å². The van der Waals surface area contributed by atoms with E-state index in [0.717, 1.165) is 11.1 Å². The maximum Gasteiger partial charge on any atom is 0.295 e. The van der Waals surface area contributed by atoms with Gasteiger partial charge in [-0.1, -0.05) is 36.4 Å². The number of amides is 1. The van der Waals surface area contributed by atoms with Crippen molar-refractivity contribution in [2.24, 2.45) is 0 Å². The molecule has 1 saturated heterocycles. The summed E-state index contributed by atoms with van der Waals surface area (Å²) in [6.07, 6.45) is 0.584. The smallest absolute Gasteiger partial charge is 0.295 e. The Morgan fingerprint density at radius 3 is 2.45 bits per heavy atom. The summed E-state index contributed by atoms with van der Waals surface area (Å²) in [6, 6.07) is 13.8. The second-order valence-corrected chi connectivity index (χ2v) is 6.90. The van der Waals surface area contributed by atoms with E-state index in [1.54, 1.807) is 31.4 Å². The Labute approximate surface area is 170 Å². The van der Waals surface area contributed by atoms with Crippen molar-refractivity contribution in [3.05, 3.63) is 70.8 Å². The highest BCUT2D eigenvalue weighted by atomic mass is 16.5. The summed E-state index contributed by atoms with van der Waals surface area (Å²) in [5.74, 6) is -1.12. The second-order valence-electron chi connectivity index (χ2n) is 6.90. The molecular formula is C23H25NO5. The molecule has 152 valence electrons. The third-order valence-electron chi connectivity index (χ3n) is 5.13. The lowest BCUT2D eigenvalue weighted by Crippen LogP contribution is -2.31. The van der Waals surface area contributed by atoms with Gasteiger partial charge in [0.25, 0.3) is 11.7 Å². The standard InChI is InChI=1S/C23H25NO5/c1-15-9-4-5-10-16(15)20-19(21(25)17-11-6-7-12-18(17)29-3)22(26)23(27)24(20)13-8-14-28-2/h4-7,9-12,20,25H,8,13-14H2,1-3H3/b21-19+. The van der Waals surface area contributed by atoms with E-state index in [-0.39, 0.29) is 11.3 Å². The molecule has 2 aromatic carbocycles. The molecule has 6 heteroatoms. The zero-order chi connectivity index (χ0) is 21.0. The van der Waals surface area contributed by atoms with Gasteiger partial charge in [-0.2, -0.15) is 0 Å². The number of aryl methyl sites for hydroxylation is 1. The van der Waals surface area contributed by atoms with Crippen LogP contribution in [0.5, 0.6) is 5.75 Å². The fourth-order valence-electron chi connectivity index (χ4n) is 3.69. The number of benzene rings is 2. The monoisotopic (exact) mass is 395 g/mol. The third kappa shape index (κ3) is 3.89. The van der Waals surface area contributed by atoms with E-state index < -0.39 is 17.7 Å². The fraction of sp³-hybridized carbons (Fsp3) is 0.304. The first-order chi connectivity index (χ1) is 14.0. The van der Waals surface area contributed by atoms with Gasteiger partial charge in [-0.25, -0.2) is 0 Å². The van der Waals surface area contributed by atoms with Crippen LogP contribution >= 0.6 is 0 Å². The van der Waals surface area contributed by atoms with Crippen LogP contribution in [0.4, 0.5) is 0 Å². The number of Topliss-reactive ketones (excluding diaryl/α,β-unsaturated/α-hetero) is 1. The van der Waals surface area contributed by atoms with Gasteiger partial charge < -0.3 is 19.5 Å². The molecule has 1 atom stereocenters. The third-order valence-corrected chi connectivity index (χ3v) is 5.13. The molecule has 1 unspecified atom stereocenters. The minimum absolute atomic E-state index is 0.0752. The molecule has 29 heavy (non-hydrogen) atoms. The molecule has 0 aliphatic carbocycles. The van der Waals surface area contributed by atoms with Crippen molar-refractivity contribution in [2.45, 2.75) is 19.4 Å². The molecule has 1 N–H and O–H groups in total. The van der Waals surface area contributed by atoms with Crippen molar-refractivity contribution in [1.82, 2.24) is 4.90 Å². The number of para-hydroxylation sites is 1. The van der Waals surface area contributed by atoms with E-state index in [1.807, 2.05) is 31.2 Å². The van der Waals surface area contributed by atoms with Gasteiger partial charge in [0.05, 0.1) is 24.3 Å². The van der Waals surface area contributed by atoms with E-state index in [1.165, 1.54) is 12.0 Å². The van der Waals surface area contributed by atoms with Crippen molar-refractivity contribution < 1.29 is 24.2 Å². The molecule has 0 radical (unpaired) electrons. The number of rotatable bonds is 7. The van der Waals surface area contributed by atoms with E-state index in [0.29, 0.717) is 30.9 Å². The summed E-state index contributed by atoms with van der Waals surface area (Å²) < 4.78 is 10.4. The Morgan fingerprint density at radius 1 is 1.07 bits per heavy atom. The highest BCUT2D eigenvalue weighted by Gasteiger charge is 2.46. The molecule has 1 heterocycles. The zero-order valence-corrected chi connectivity index (χ0v) is 16.8. The van der Waals surface area contributed by atoms with Crippen molar-refractivity contribution in [3.63, 3.8) is 0 Å². The van der Waals surface area contributed by atoms with Crippen LogP contribution in [-0.4, -0.2) is 49.1 Å². The topological polar surface area (TPSA) is 76.1 Å². The summed E-state index contributed by atoms with van der Waals surface area (Å²) in [7, 11) is 3.09. The Bertz CT molecular complexity index is 950. The average Bonchev–Trinajstić information content (AvgIpc) is 2.98. The van der Waals surface area contributed by atoms with Crippen LogP contribution in [0, 0.1) is 6.92 Å². The number of hydrogen-bond acceptors (Lipinski definition) is 5. The maximum absolute atomic E-state index is 13.0. The first kappa shape index (κ1) is 20.6. The number of likely N-dealkylation sites (tertiary alicyclic amines) is 1. The van der Waals surface area contributed by atoms with Crippen LogP contribution < -0.4 is 4.74 Å². The van der Waals surface area contributed by atoms with Gasteiger partial charge in [0, 0.05) is 20.3 Å². The lowest BCUT2D eigenvalue weighted by Gasteiger charge is -2.26. The highest BCUT2D eigenvalue weighted by Crippen LogP contribution is 2.41. The predicted octanol–water partition coefficient (Wildman–Crippen LogP) is 3.46. The quantitative estimate of drug-likeness (QED) is 0.336. The molecule has 1 amide bonds. The minimum atomic E-state index is -0.695. The first-order valence-corrected chi connectivity index (χ1v) is 9.47. The van der Waals surface area contributed by atoms with Gasteiger partial charge in [-0.05, 0) is 36.6 Å². The molecule has 6 nitrogen and oxygen atoms in total. The number of nitrogens with zero attached hydrogens (tertiary/aromatic N) is 1. The maximum atomic E-state index is 13.0. The fourth-order valence-corrected chi connectivity index (χ4v) is 3.69. The number of carbonyl (C=O) groups excluding carboxylic acids is 2. The number of aliphatic hydroxyl groups is 1. The Balaban J connectivity index is 2.18.